The predicted molar refractivity (Wildman–Crippen MR) is 83.1 cm³/mol. The second kappa shape index (κ2) is 5.94. The summed E-state index contributed by atoms with van der Waals surface area (Å²) in [4.78, 5) is 12.2. The second-order valence-electron chi connectivity index (χ2n) is 4.71. The van der Waals surface area contributed by atoms with Crippen LogP contribution in [0, 0.1) is 0 Å². The van der Waals surface area contributed by atoms with E-state index in [1.54, 1.807) is 29.1 Å². The van der Waals surface area contributed by atoms with Crippen LogP contribution in [0.2, 0.25) is 5.02 Å². The Balaban J connectivity index is 1.77. The Labute approximate surface area is 127 Å². The number of halogens is 1. The Morgan fingerprint density at radius 2 is 1.71 bits per heavy atom. The molecule has 2 aromatic carbocycles. The van der Waals surface area contributed by atoms with Gasteiger partial charge in [-0.1, -0.05) is 41.9 Å². The van der Waals surface area contributed by atoms with E-state index in [1.165, 1.54) is 0 Å². The van der Waals surface area contributed by atoms with Crippen molar-refractivity contribution in [2.45, 2.75) is 6.42 Å². The minimum absolute atomic E-state index is 0.00740. The largest absolute Gasteiger partial charge is 0.292 e. The first kappa shape index (κ1) is 13.6. The number of Topliss-reactive ketones (excluding diaryl/α,β-unsaturated/α-hetero) is 1. The molecule has 0 aliphatic carbocycles. The van der Waals surface area contributed by atoms with E-state index in [1.807, 2.05) is 42.5 Å². The average Bonchev–Trinajstić information content (AvgIpc) is 3.00. The van der Waals surface area contributed by atoms with Gasteiger partial charge in [-0.25, -0.2) is 4.68 Å². The number of nitrogens with zero attached hydrogens (tertiary/aromatic N) is 2. The van der Waals surface area contributed by atoms with Gasteiger partial charge in [0.2, 0.25) is 0 Å². The first-order valence-electron chi connectivity index (χ1n) is 6.61. The summed E-state index contributed by atoms with van der Waals surface area (Å²) in [5.41, 5.74) is 2.33. The third kappa shape index (κ3) is 3.20. The summed E-state index contributed by atoms with van der Waals surface area (Å²) in [7, 11) is 0. The van der Waals surface area contributed by atoms with E-state index in [2.05, 4.69) is 5.10 Å². The predicted octanol–water partition coefficient (Wildman–Crippen LogP) is 3.95. The van der Waals surface area contributed by atoms with Crippen LogP contribution in [0.4, 0.5) is 0 Å². The molecule has 0 fully saturated rings. The van der Waals surface area contributed by atoms with Gasteiger partial charge in [-0.15, -0.1) is 0 Å². The van der Waals surface area contributed by atoms with Gasteiger partial charge in [0.15, 0.2) is 5.78 Å². The average molecular weight is 297 g/mol. The van der Waals surface area contributed by atoms with Crippen molar-refractivity contribution in [2.24, 2.45) is 0 Å². The highest BCUT2D eigenvalue weighted by Crippen LogP contribution is 2.13. The quantitative estimate of drug-likeness (QED) is 0.683. The van der Waals surface area contributed by atoms with E-state index in [9.17, 15) is 4.79 Å². The van der Waals surface area contributed by atoms with Crippen molar-refractivity contribution in [3.05, 3.63) is 83.1 Å². The van der Waals surface area contributed by atoms with Gasteiger partial charge in [-0.05, 0) is 35.9 Å². The van der Waals surface area contributed by atoms with E-state index in [4.69, 9.17) is 11.6 Å². The first-order chi connectivity index (χ1) is 10.2. The third-order valence-electron chi connectivity index (χ3n) is 3.17. The summed E-state index contributed by atoms with van der Waals surface area (Å²) in [6.45, 7) is 0. The molecule has 3 rings (SSSR count). The fraction of sp³-hybridized carbons (Fsp3) is 0.0588. The molecule has 0 unspecified atom stereocenters. The van der Waals surface area contributed by atoms with Crippen molar-refractivity contribution < 1.29 is 4.79 Å². The molecule has 0 saturated carbocycles. The summed E-state index contributed by atoms with van der Waals surface area (Å²) in [6.07, 6.45) is 2.12. The standard InChI is InChI=1S/C17H13ClN2O/c18-14-8-6-13(7-9-14)12-17(21)16-10-11-20(19-16)15-4-2-1-3-5-15/h1-11H,12H2. The zero-order valence-electron chi connectivity index (χ0n) is 11.2. The lowest BCUT2D eigenvalue weighted by Gasteiger charge is -2.01. The molecule has 0 bridgehead atoms. The maximum atomic E-state index is 12.2. The maximum Gasteiger partial charge on any atom is 0.187 e. The van der Waals surface area contributed by atoms with Crippen LogP contribution in [-0.4, -0.2) is 15.6 Å². The number of hydrogen-bond donors (Lipinski definition) is 0. The Hall–Kier alpha value is -2.39. The van der Waals surface area contributed by atoms with Crippen LogP contribution in [0.3, 0.4) is 0 Å². The molecule has 0 amide bonds. The molecule has 21 heavy (non-hydrogen) atoms. The molecule has 0 spiro atoms. The molecule has 0 aliphatic heterocycles. The van der Waals surface area contributed by atoms with E-state index in [0.29, 0.717) is 17.1 Å². The lowest BCUT2D eigenvalue weighted by atomic mass is 10.1. The number of rotatable bonds is 4. The fourth-order valence-electron chi connectivity index (χ4n) is 2.08. The molecule has 1 heterocycles. The Morgan fingerprint density at radius 1 is 1.00 bits per heavy atom. The number of hydrogen-bond acceptors (Lipinski definition) is 2. The smallest absolute Gasteiger partial charge is 0.187 e. The summed E-state index contributed by atoms with van der Waals surface area (Å²) in [5.74, 6) is -0.00740. The second-order valence-corrected chi connectivity index (χ2v) is 5.14. The van der Waals surface area contributed by atoms with Crippen molar-refractivity contribution in [1.82, 2.24) is 9.78 Å². The highest BCUT2D eigenvalue weighted by molar-refractivity contribution is 6.30. The molecular weight excluding hydrogens is 284 g/mol. The normalized spacial score (nSPS) is 10.5. The molecule has 3 aromatic rings. The number of carbonyl (C=O) groups is 1. The van der Waals surface area contributed by atoms with Crippen LogP contribution in [0.25, 0.3) is 5.69 Å². The molecule has 104 valence electrons. The molecule has 0 atom stereocenters. The van der Waals surface area contributed by atoms with Crippen molar-refractivity contribution >= 4 is 17.4 Å². The molecule has 0 radical (unpaired) electrons. The highest BCUT2D eigenvalue weighted by atomic mass is 35.5. The minimum Gasteiger partial charge on any atom is -0.292 e. The molecule has 1 aromatic heterocycles. The van der Waals surface area contributed by atoms with Crippen LogP contribution in [-0.2, 0) is 6.42 Å². The molecule has 0 N–H and O–H groups in total. The number of ketones is 1. The summed E-state index contributed by atoms with van der Waals surface area (Å²) >= 11 is 5.84. The monoisotopic (exact) mass is 296 g/mol. The van der Waals surface area contributed by atoms with Crippen molar-refractivity contribution in [3.8, 4) is 5.69 Å². The SMILES string of the molecule is O=C(Cc1ccc(Cl)cc1)c1ccn(-c2ccccc2)n1. The van der Waals surface area contributed by atoms with E-state index in [-0.39, 0.29) is 5.78 Å². The van der Waals surface area contributed by atoms with Gasteiger partial charge in [-0.3, -0.25) is 4.79 Å². The molecule has 0 saturated heterocycles. The highest BCUT2D eigenvalue weighted by Gasteiger charge is 2.11. The van der Waals surface area contributed by atoms with Crippen LogP contribution in [0.15, 0.2) is 66.9 Å². The fourth-order valence-corrected chi connectivity index (χ4v) is 2.20. The zero-order chi connectivity index (χ0) is 14.7. The van der Waals surface area contributed by atoms with Crippen molar-refractivity contribution in [3.63, 3.8) is 0 Å². The Bertz CT molecular complexity index is 748. The van der Waals surface area contributed by atoms with E-state index in [0.717, 1.165) is 11.3 Å². The van der Waals surface area contributed by atoms with Crippen LogP contribution < -0.4 is 0 Å². The van der Waals surface area contributed by atoms with Gasteiger partial charge >= 0.3 is 0 Å². The van der Waals surface area contributed by atoms with Crippen LogP contribution in [0.5, 0.6) is 0 Å². The maximum absolute atomic E-state index is 12.2. The number of carbonyl (C=O) groups excluding carboxylic acids is 1. The Morgan fingerprint density at radius 3 is 2.43 bits per heavy atom. The van der Waals surface area contributed by atoms with Crippen molar-refractivity contribution in [2.75, 3.05) is 0 Å². The number of benzene rings is 2. The van der Waals surface area contributed by atoms with Crippen LogP contribution in [0.1, 0.15) is 16.1 Å². The van der Waals surface area contributed by atoms with Gasteiger partial charge < -0.3 is 0 Å². The van der Waals surface area contributed by atoms with E-state index >= 15 is 0 Å². The zero-order valence-corrected chi connectivity index (χ0v) is 12.0. The number of para-hydroxylation sites is 1. The third-order valence-corrected chi connectivity index (χ3v) is 3.43. The van der Waals surface area contributed by atoms with Gasteiger partial charge in [0, 0.05) is 17.6 Å². The molecule has 0 aliphatic rings. The topological polar surface area (TPSA) is 34.9 Å². The van der Waals surface area contributed by atoms with Gasteiger partial charge in [0.25, 0.3) is 0 Å². The van der Waals surface area contributed by atoms with Gasteiger partial charge in [0.1, 0.15) is 5.69 Å². The summed E-state index contributed by atoms with van der Waals surface area (Å²) < 4.78 is 1.70. The minimum atomic E-state index is -0.00740. The van der Waals surface area contributed by atoms with Gasteiger partial charge in [0.05, 0.1) is 5.69 Å². The lowest BCUT2D eigenvalue weighted by molar-refractivity contribution is 0.0988. The van der Waals surface area contributed by atoms with Crippen LogP contribution >= 0.6 is 11.6 Å². The first-order valence-corrected chi connectivity index (χ1v) is 6.99. The van der Waals surface area contributed by atoms with Gasteiger partial charge in [-0.2, -0.15) is 5.10 Å². The summed E-state index contributed by atoms with van der Waals surface area (Å²) in [5, 5.41) is 5.00. The molecular formula is C17H13ClN2O. The Kier molecular flexibility index (Phi) is 3.84. The molecule has 3 nitrogen and oxygen atoms in total. The molecule has 4 heteroatoms. The van der Waals surface area contributed by atoms with Crippen molar-refractivity contribution in [1.29, 1.82) is 0 Å². The summed E-state index contributed by atoms with van der Waals surface area (Å²) in [6, 6.07) is 18.7. The number of aromatic nitrogens is 2. The van der Waals surface area contributed by atoms with E-state index < -0.39 is 0 Å². The lowest BCUT2D eigenvalue weighted by Crippen LogP contribution is -2.05.